The van der Waals surface area contributed by atoms with Crippen molar-refractivity contribution in [3.63, 3.8) is 0 Å². The molecule has 0 spiro atoms. The van der Waals surface area contributed by atoms with E-state index in [0.29, 0.717) is 0 Å². The second-order valence-corrected chi connectivity index (χ2v) is 6.92. The van der Waals surface area contributed by atoms with Gasteiger partial charge in [-0.1, -0.05) is 6.07 Å². The summed E-state index contributed by atoms with van der Waals surface area (Å²) in [5.74, 6) is 0. The number of nitrogens with one attached hydrogen (secondary N) is 2. The predicted molar refractivity (Wildman–Crippen MR) is 98.9 cm³/mol. The summed E-state index contributed by atoms with van der Waals surface area (Å²) < 4.78 is 5.82. The first-order chi connectivity index (χ1) is 11.7. The summed E-state index contributed by atoms with van der Waals surface area (Å²) in [5.41, 5.74) is 6.35. The Bertz CT molecular complexity index is 703. The van der Waals surface area contributed by atoms with Crippen LogP contribution in [0.15, 0.2) is 42.5 Å². The van der Waals surface area contributed by atoms with Crippen molar-refractivity contribution < 1.29 is 4.74 Å². The summed E-state index contributed by atoms with van der Waals surface area (Å²) in [6.45, 7) is 8.14. The molecule has 0 aromatic heterocycles. The molecule has 2 aromatic rings. The van der Waals surface area contributed by atoms with Crippen LogP contribution in [-0.2, 0) is 17.8 Å². The number of ether oxygens (including phenoxy) is 1. The number of rotatable bonds is 3. The van der Waals surface area contributed by atoms with Gasteiger partial charge in [-0.25, -0.2) is 0 Å². The van der Waals surface area contributed by atoms with Crippen LogP contribution in [0.4, 0.5) is 17.1 Å². The van der Waals surface area contributed by atoms with Gasteiger partial charge in [-0.05, 0) is 61.4 Å². The number of hydrogen-bond acceptors (Lipinski definition) is 4. The Morgan fingerprint density at radius 3 is 2.33 bits per heavy atom. The Morgan fingerprint density at radius 1 is 0.917 bits per heavy atom. The highest BCUT2D eigenvalue weighted by Crippen LogP contribution is 2.26. The van der Waals surface area contributed by atoms with Crippen LogP contribution in [-0.4, -0.2) is 25.3 Å². The molecule has 4 nitrogen and oxygen atoms in total. The number of hydrogen-bond donors (Lipinski definition) is 2. The second-order valence-electron chi connectivity index (χ2n) is 6.92. The molecule has 1 fully saturated rings. The molecule has 0 saturated carbocycles. The van der Waals surface area contributed by atoms with E-state index in [2.05, 4.69) is 71.8 Å². The molecule has 2 unspecified atom stereocenters. The molecule has 4 heteroatoms. The fourth-order valence-corrected chi connectivity index (χ4v) is 3.68. The van der Waals surface area contributed by atoms with Crippen LogP contribution in [0.1, 0.15) is 25.0 Å². The lowest BCUT2D eigenvalue weighted by atomic mass is 10.1. The molecule has 2 aromatic carbocycles. The molecule has 0 amide bonds. The summed E-state index contributed by atoms with van der Waals surface area (Å²) in [5, 5.41) is 6.90. The van der Waals surface area contributed by atoms with Gasteiger partial charge in [0.2, 0.25) is 0 Å². The molecule has 2 atom stereocenters. The first kappa shape index (κ1) is 15.5. The van der Waals surface area contributed by atoms with Gasteiger partial charge in [0.25, 0.3) is 0 Å². The Balaban J connectivity index is 1.46. The maximum atomic E-state index is 5.82. The number of anilines is 3. The Labute approximate surface area is 143 Å². The van der Waals surface area contributed by atoms with Gasteiger partial charge in [-0.3, -0.25) is 0 Å². The molecule has 4 rings (SSSR count). The van der Waals surface area contributed by atoms with E-state index in [-0.39, 0.29) is 12.2 Å². The fraction of sp³-hybridized carbons (Fsp3) is 0.400. The Hall–Kier alpha value is -2.04. The molecule has 2 aliphatic rings. The first-order valence-electron chi connectivity index (χ1n) is 8.77. The number of morpholine rings is 1. The first-order valence-corrected chi connectivity index (χ1v) is 8.77. The van der Waals surface area contributed by atoms with Gasteiger partial charge in [0.15, 0.2) is 0 Å². The van der Waals surface area contributed by atoms with Crippen LogP contribution in [0.2, 0.25) is 0 Å². The minimum absolute atomic E-state index is 0.284. The lowest BCUT2D eigenvalue weighted by Gasteiger charge is -2.36. The predicted octanol–water partition coefficient (Wildman–Crippen LogP) is 3.65. The van der Waals surface area contributed by atoms with E-state index < -0.39 is 0 Å². The molecular formula is C20H25N3O. The minimum atomic E-state index is 0.284. The summed E-state index contributed by atoms with van der Waals surface area (Å²) in [7, 11) is 0. The number of benzene rings is 2. The van der Waals surface area contributed by atoms with Crippen LogP contribution < -0.4 is 15.5 Å². The summed E-state index contributed by atoms with van der Waals surface area (Å²) in [6.07, 6.45) is 0.568. The van der Waals surface area contributed by atoms with Crippen molar-refractivity contribution in [3.8, 4) is 0 Å². The largest absolute Gasteiger partial charge is 0.372 e. The normalized spacial score (nSPS) is 23.2. The monoisotopic (exact) mass is 323 g/mol. The van der Waals surface area contributed by atoms with Crippen LogP contribution in [0.5, 0.6) is 0 Å². The third-order valence-corrected chi connectivity index (χ3v) is 4.78. The molecule has 2 aliphatic heterocycles. The average Bonchev–Trinajstić information content (AvgIpc) is 3.02. The molecule has 24 heavy (non-hydrogen) atoms. The van der Waals surface area contributed by atoms with Crippen molar-refractivity contribution in [2.24, 2.45) is 0 Å². The Kier molecular flexibility index (Phi) is 4.17. The van der Waals surface area contributed by atoms with Gasteiger partial charge in [0.05, 0.1) is 12.2 Å². The van der Waals surface area contributed by atoms with E-state index in [1.54, 1.807) is 0 Å². The summed E-state index contributed by atoms with van der Waals surface area (Å²) in [6, 6.07) is 15.3. The van der Waals surface area contributed by atoms with Crippen molar-refractivity contribution in [1.29, 1.82) is 0 Å². The third kappa shape index (κ3) is 3.25. The number of fused-ring (bicyclic) bond motifs is 1. The molecule has 0 aliphatic carbocycles. The molecule has 0 radical (unpaired) electrons. The van der Waals surface area contributed by atoms with Gasteiger partial charge in [0, 0.05) is 43.2 Å². The van der Waals surface area contributed by atoms with E-state index in [4.69, 9.17) is 4.74 Å². The smallest absolute Gasteiger partial charge is 0.0726 e. The van der Waals surface area contributed by atoms with Crippen molar-refractivity contribution in [2.75, 3.05) is 23.3 Å². The van der Waals surface area contributed by atoms with Crippen molar-refractivity contribution in [2.45, 2.75) is 39.1 Å². The van der Waals surface area contributed by atoms with Crippen LogP contribution in [0.25, 0.3) is 0 Å². The fourth-order valence-electron chi connectivity index (χ4n) is 3.68. The van der Waals surface area contributed by atoms with E-state index >= 15 is 0 Å². The van der Waals surface area contributed by atoms with E-state index in [0.717, 1.165) is 37.6 Å². The highest BCUT2D eigenvalue weighted by atomic mass is 16.5. The molecule has 2 heterocycles. The van der Waals surface area contributed by atoms with E-state index in [1.807, 2.05) is 0 Å². The quantitative estimate of drug-likeness (QED) is 0.904. The zero-order valence-corrected chi connectivity index (χ0v) is 14.4. The lowest BCUT2D eigenvalue weighted by Crippen LogP contribution is -2.45. The molecule has 126 valence electrons. The van der Waals surface area contributed by atoms with Crippen LogP contribution in [0.3, 0.4) is 0 Å². The van der Waals surface area contributed by atoms with E-state index in [1.165, 1.54) is 16.8 Å². The number of nitrogens with zero attached hydrogens (tertiary/aromatic N) is 1. The lowest BCUT2D eigenvalue weighted by molar-refractivity contribution is -0.00521. The van der Waals surface area contributed by atoms with Crippen molar-refractivity contribution in [1.82, 2.24) is 5.32 Å². The van der Waals surface area contributed by atoms with Gasteiger partial charge in [0.1, 0.15) is 0 Å². The molecular weight excluding hydrogens is 298 g/mol. The van der Waals surface area contributed by atoms with Gasteiger partial charge >= 0.3 is 0 Å². The maximum absolute atomic E-state index is 5.82. The van der Waals surface area contributed by atoms with E-state index in [9.17, 15) is 0 Å². The molecule has 0 bridgehead atoms. The van der Waals surface area contributed by atoms with Crippen LogP contribution >= 0.6 is 0 Å². The standard InChI is InChI=1S/C20H25N3O/c1-14-12-23(13-15(2)24-14)20-7-5-18(6-8-20)22-19-4-3-16-10-21-11-17(16)9-19/h3-9,14-15,21-22H,10-13H2,1-2H3. The SMILES string of the molecule is CC1CN(c2ccc(Nc3ccc4c(c3)CNC4)cc2)CC(C)O1. The van der Waals surface area contributed by atoms with Crippen LogP contribution in [0, 0.1) is 0 Å². The molecule has 1 saturated heterocycles. The van der Waals surface area contributed by atoms with Gasteiger partial charge in [-0.2, -0.15) is 0 Å². The van der Waals surface area contributed by atoms with Crippen molar-refractivity contribution >= 4 is 17.1 Å². The zero-order chi connectivity index (χ0) is 16.5. The zero-order valence-electron chi connectivity index (χ0n) is 14.4. The van der Waals surface area contributed by atoms with Gasteiger partial charge in [-0.15, -0.1) is 0 Å². The molecule has 2 N–H and O–H groups in total. The van der Waals surface area contributed by atoms with Gasteiger partial charge < -0.3 is 20.3 Å². The maximum Gasteiger partial charge on any atom is 0.0726 e. The topological polar surface area (TPSA) is 36.5 Å². The highest BCUT2D eigenvalue weighted by Gasteiger charge is 2.22. The summed E-state index contributed by atoms with van der Waals surface area (Å²) in [4.78, 5) is 2.41. The third-order valence-electron chi connectivity index (χ3n) is 4.78. The minimum Gasteiger partial charge on any atom is -0.372 e. The summed E-state index contributed by atoms with van der Waals surface area (Å²) >= 11 is 0. The Morgan fingerprint density at radius 2 is 1.58 bits per heavy atom. The highest BCUT2D eigenvalue weighted by molar-refractivity contribution is 5.64. The average molecular weight is 323 g/mol. The van der Waals surface area contributed by atoms with Crippen molar-refractivity contribution in [3.05, 3.63) is 53.6 Å². The second kappa shape index (κ2) is 6.46.